The highest BCUT2D eigenvalue weighted by Gasteiger charge is 2.30. The molecule has 0 saturated heterocycles. The number of hydrazone groups is 2. The van der Waals surface area contributed by atoms with Crippen molar-refractivity contribution in [1.82, 2.24) is 0 Å². The Hall–Kier alpha value is -4.83. The van der Waals surface area contributed by atoms with Gasteiger partial charge >= 0.3 is 0 Å². The molecule has 0 bridgehead atoms. The van der Waals surface area contributed by atoms with Gasteiger partial charge in [0.1, 0.15) is 0 Å². The van der Waals surface area contributed by atoms with Gasteiger partial charge in [0, 0.05) is 43.6 Å². The van der Waals surface area contributed by atoms with Crippen LogP contribution in [0.15, 0.2) is 141 Å². The molecule has 2 heterocycles. The lowest BCUT2D eigenvalue weighted by Gasteiger charge is -2.12. The van der Waals surface area contributed by atoms with E-state index < -0.39 is 0 Å². The predicted octanol–water partition coefficient (Wildman–Crippen LogP) is 8.58. The van der Waals surface area contributed by atoms with E-state index in [0.717, 1.165) is 21.2 Å². The van der Waals surface area contributed by atoms with Crippen LogP contribution in [0, 0.1) is 0 Å². The predicted molar refractivity (Wildman–Crippen MR) is 185 cm³/mol. The molecule has 0 aromatic heterocycles. The van der Waals surface area contributed by atoms with Crippen molar-refractivity contribution in [2.24, 2.45) is 10.2 Å². The number of anilines is 4. The van der Waals surface area contributed by atoms with Crippen LogP contribution in [0.3, 0.4) is 0 Å². The van der Waals surface area contributed by atoms with Crippen LogP contribution in [0.25, 0.3) is 0 Å². The summed E-state index contributed by atoms with van der Waals surface area (Å²) >= 11 is 13.8. The minimum absolute atomic E-state index is 0.221. The maximum Gasteiger partial charge on any atom is 0.282 e. The van der Waals surface area contributed by atoms with Gasteiger partial charge in [-0.3, -0.25) is 9.59 Å². The van der Waals surface area contributed by atoms with Crippen molar-refractivity contribution in [3.8, 4) is 0 Å². The number of carbonyl (C=O) groups is 2. The van der Waals surface area contributed by atoms with Crippen LogP contribution < -0.4 is 20.7 Å². The highest BCUT2D eigenvalue weighted by atomic mass is 35.5. The smallest absolute Gasteiger partial charge is 0.282 e. The zero-order valence-corrected chi connectivity index (χ0v) is 26.5. The number of benzene rings is 4. The molecule has 2 amide bonds. The van der Waals surface area contributed by atoms with Crippen LogP contribution in [0.1, 0.15) is 13.8 Å². The molecule has 224 valence electrons. The SMILES string of the molecule is CC1=NN(c2cccc(Cl)c2)C(=O)/C1=C/Nc1ccc(Sc2ccc(N/C=C3/C(=O)N(c4cccc(Cl)c4)N=C3C)cc2)cc1. The van der Waals surface area contributed by atoms with Gasteiger partial charge in [0.25, 0.3) is 11.8 Å². The summed E-state index contributed by atoms with van der Waals surface area (Å²) in [4.78, 5) is 28.0. The summed E-state index contributed by atoms with van der Waals surface area (Å²) < 4.78 is 0. The average Bonchev–Trinajstić information content (AvgIpc) is 3.49. The van der Waals surface area contributed by atoms with Gasteiger partial charge < -0.3 is 10.6 Å². The number of halogens is 2. The van der Waals surface area contributed by atoms with Gasteiger partial charge in [-0.1, -0.05) is 47.1 Å². The van der Waals surface area contributed by atoms with Crippen LogP contribution in [-0.4, -0.2) is 23.2 Å². The fraction of sp³-hybridized carbons (Fsp3) is 0.0588. The molecule has 4 aromatic rings. The molecule has 2 aliphatic heterocycles. The monoisotopic (exact) mass is 652 g/mol. The number of amides is 2. The lowest BCUT2D eigenvalue weighted by atomic mass is 10.2. The van der Waals surface area contributed by atoms with E-state index in [0.29, 0.717) is 44.0 Å². The third kappa shape index (κ3) is 6.81. The number of hydrogen-bond donors (Lipinski definition) is 2. The van der Waals surface area contributed by atoms with Gasteiger partial charge in [-0.2, -0.15) is 20.2 Å². The van der Waals surface area contributed by atoms with E-state index in [4.69, 9.17) is 23.2 Å². The first kappa shape index (κ1) is 30.2. The Balaban J connectivity index is 1.04. The summed E-state index contributed by atoms with van der Waals surface area (Å²) in [6.45, 7) is 3.60. The second-order valence-corrected chi connectivity index (χ2v) is 12.1. The molecule has 2 aliphatic rings. The van der Waals surface area contributed by atoms with Gasteiger partial charge in [0.2, 0.25) is 0 Å². The topological polar surface area (TPSA) is 89.4 Å². The molecule has 0 unspecified atom stereocenters. The van der Waals surface area contributed by atoms with Crippen molar-refractivity contribution in [1.29, 1.82) is 0 Å². The Labute approximate surface area is 274 Å². The van der Waals surface area contributed by atoms with Crippen LogP contribution in [0.4, 0.5) is 22.7 Å². The molecule has 0 saturated carbocycles. The zero-order chi connectivity index (χ0) is 31.5. The summed E-state index contributed by atoms with van der Waals surface area (Å²) in [5.41, 5.74) is 5.12. The summed E-state index contributed by atoms with van der Waals surface area (Å²) in [6.07, 6.45) is 3.35. The molecule has 0 radical (unpaired) electrons. The second kappa shape index (κ2) is 13.0. The Bertz CT molecular complexity index is 1780. The maximum atomic E-state index is 13.0. The first-order valence-corrected chi connectivity index (χ1v) is 15.4. The molecule has 0 aliphatic carbocycles. The van der Waals surface area contributed by atoms with Crippen molar-refractivity contribution >= 4 is 81.0 Å². The minimum atomic E-state index is -0.221. The van der Waals surface area contributed by atoms with Gasteiger partial charge in [-0.05, 0) is 98.8 Å². The molecule has 11 heteroatoms. The summed E-state index contributed by atoms with van der Waals surface area (Å²) in [6, 6.07) is 29.9. The molecular formula is C34H26Cl2N6O2S. The average molecular weight is 654 g/mol. The first-order chi connectivity index (χ1) is 21.7. The Morgan fingerprint density at radius 2 is 1.02 bits per heavy atom. The Kier molecular flexibility index (Phi) is 8.75. The van der Waals surface area contributed by atoms with Crippen molar-refractivity contribution in [3.05, 3.63) is 131 Å². The largest absolute Gasteiger partial charge is 0.361 e. The van der Waals surface area contributed by atoms with E-state index in [1.165, 1.54) is 10.0 Å². The molecule has 0 atom stereocenters. The summed E-state index contributed by atoms with van der Waals surface area (Å²) in [5, 5.41) is 19.0. The Morgan fingerprint density at radius 3 is 1.40 bits per heavy atom. The second-order valence-electron chi connectivity index (χ2n) is 10.1. The summed E-state index contributed by atoms with van der Waals surface area (Å²) in [7, 11) is 0. The van der Waals surface area contributed by atoms with E-state index in [1.54, 1.807) is 86.5 Å². The number of nitrogens with zero attached hydrogens (tertiary/aromatic N) is 4. The van der Waals surface area contributed by atoms with Crippen LogP contribution in [0.2, 0.25) is 10.0 Å². The van der Waals surface area contributed by atoms with Gasteiger partial charge in [0.05, 0.1) is 33.9 Å². The number of hydrogen-bond acceptors (Lipinski definition) is 7. The number of nitrogens with one attached hydrogen (secondary N) is 2. The van der Waals surface area contributed by atoms with Crippen LogP contribution in [-0.2, 0) is 9.59 Å². The van der Waals surface area contributed by atoms with Crippen molar-refractivity contribution < 1.29 is 9.59 Å². The van der Waals surface area contributed by atoms with E-state index in [9.17, 15) is 9.59 Å². The maximum absolute atomic E-state index is 13.0. The molecule has 2 N–H and O–H groups in total. The first-order valence-electron chi connectivity index (χ1n) is 13.9. The molecule has 0 spiro atoms. The fourth-order valence-corrected chi connectivity index (χ4v) is 5.81. The van der Waals surface area contributed by atoms with E-state index >= 15 is 0 Å². The van der Waals surface area contributed by atoms with E-state index in [-0.39, 0.29) is 11.8 Å². The Morgan fingerprint density at radius 1 is 0.622 bits per heavy atom. The van der Waals surface area contributed by atoms with Gasteiger partial charge in [-0.15, -0.1) is 0 Å². The molecule has 4 aromatic carbocycles. The highest BCUT2D eigenvalue weighted by Crippen LogP contribution is 2.31. The molecule has 45 heavy (non-hydrogen) atoms. The number of carbonyl (C=O) groups excluding carboxylic acids is 2. The molecular weight excluding hydrogens is 627 g/mol. The van der Waals surface area contributed by atoms with Crippen LogP contribution >= 0.6 is 35.0 Å². The zero-order valence-electron chi connectivity index (χ0n) is 24.2. The van der Waals surface area contributed by atoms with Crippen molar-refractivity contribution in [2.45, 2.75) is 23.6 Å². The van der Waals surface area contributed by atoms with Crippen LogP contribution in [0.5, 0.6) is 0 Å². The third-order valence-corrected chi connectivity index (χ3v) is 8.43. The lowest BCUT2D eigenvalue weighted by molar-refractivity contribution is -0.115. The standard InChI is InChI=1S/C34H26Cl2N6O2S/c1-21-31(33(43)41(39-21)27-7-3-5-23(35)17-27)19-37-25-9-13-29(14-10-25)45-30-15-11-26(12-16-30)38-20-32-22(2)40-42(34(32)44)28-8-4-6-24(36)18-28/h3-20,37-38H,1-2H3/b31-19+,32-20+. The van der Waals surface area contributed by atoms with Crippen molar-refractivity contribution in [3.63, 3.8) is 0 Å². The van der Waals surface area contributed by atoms with E-state index in [1.807, 2.05) is 48.5 Å². The quantitative estimate of drug-likeness (QED) is 0.186. The van der Waals surface area contributed by atoms with E-state index in [2.05, 4.69) is 20.8 Å². The fourth-order valence-electron chi connectivity index (χ4n) is 4.62. The molecule has 0 fully saturated rings. The minimum Gasteiger partial charge on any atom is -0.361 e. The summed E-state index contributed by atoms with van der Waals surface area (Å²) in [5.74, 6) is -0.442. The van der Waals surface area contributed by atoms with Gasteiger partial charge in [-0.25, -0.2) is 0 Å². The molecule has 6 rings (SSSR count). The van der Waals surface area contributed by atoms with Crippen molar-refractivity contribution in [2.75, 3.05) is 20.7 Å². The normalized spacial score (nSPS) is 16.4. The lowest BCUT2D eigenvalue weighted by Crippen LogP contribution is -2.21. The highest BCUT2D eigenvalue weighted by molar-refractivity contribution is 7.99. The number of rotatable bonds is 8. The van der Waals surface area contributed by atoms with Gasteiger partial charge in [0.15, 0.2) is 0 Å². The molecule has 8 nitrogen and oxygen atoms in total. The third-order valence-electron chi connectivity index (χ3n) is 6.94.